The Bertz CT molecular complexity index is 385. The topological polar surface area (TPSA) is 97.0 Å². The fraction of sp³-hybridized carbons (Fsp3) is 0. The first-order chi connectivity index (χ1) is 6.59. The normalized spacial score (nSPS) is 10.4. The van der Waals surface area contributed by atoms with Gasteiger partial charge in [-0.2, -0.15) is 5.10 Å². The molecule has 0 aliphatic heterocycles. The predicted molar refractivity (Wildman–Crippen MR) is 64.2 cm³/mol. The van der Waals surface area contributed by atoms with Crippen LogP contribution in [0.2, 0.25) is 0 Å². The molecule has 14 heavy (non-hydrogen) atoms. The van der Waals surface area contributed by atoms with E-state index in [1.807, 2.05) is 22.6 Å². The van der Waals surface area contributed by atoms with Crippen molar-refractivity contribution in [1.29, 1.82) is 0 Å². The second kappa shape index (κ2) is 4.80. The molecule has 0 spiro atoms. The molecule has 0 saturated heterocycles. The number of nitrogens with zero attached hydrogens (tertiary/aromatic N) is 2. The van der Waals surface area contributed by atoms with Gasteiger partial charge in [0.1, 0.15) is 5.75 Å². The lowest BCUT2D eigenvalue weighted by Gasteiger charge is -1.96. The summed E-state index contributed by atoms with van der Waals surface area (Å²) in [7, 11) is 0. The van der Waals surface area contributed by atoms with Gasteiger partial charge in [0, 0.05) is 0 Å². The average molecular weight is 304 g/mol. The van der Waals surface area contributed by atoms with Crippen molar-refractivity contribution in [3.05, 3.63) is 27.3 Å². The molecule has 0 amide bonds. The maximum absolute atomic E-state index is 9.24. The summed E-state index contributed by atoms with van der Waals surface area (Å²) in [6, 6.07) is 5.06. The van der Waals surface area contributed by atoms with Gasteiger partial charge in [0.05, 0.1) is 9.78 Å². The number of guanidine groups is 1. The van der Waals surface area contributed by atoms with E-state index in [1.165, 1.54) is 6.21 Å². The van der Waals surface area contributed by atoms with Crippen LogP contribution in [0.4, 0.5) is 0 Å². The molecular weight excluding hydrogens is 295 g/mol. The van der Waals surface area contributed by atoms with E-state index in [-0.39, 0.29) is 11.7 Å². The molecule has 1 aromatic carbocycles. The second-order valence-electron chi connectivity index (χ2n) is 2.48. The SMILES string of the molecule is NC(N)=NN=Cc1ccc(O)c(I)c1. The van der Waals surface area contributed by atoms with Crippen molar-refractivity contribution in [2.24, 2.45) is 21.7 Å². The first-order valence-corrected chi connectivity index (χ1v) is 4.78. The Hall–Kier alpha value is -1.31. The number of hydrogen-bond donors (Lipinski definition) is 3. The molecule has 0 unspecified atom stereocenters. The lowest BCUT2D eigenvalue weighted by molar-refractivity contribution is 0.471. The second-order valence-corrected chi connectivity index (χ2v) is 3.64. The van der Waals surface area contributed by atoms with E-state index < -0.39 is 0 Å². The van der Waals surface area contributed by atoms with E-state index in [9.17, 15) is 5.11 Å². The van der Waals surface area contributed by atoms with Gasteiger partial charge in [-0.15, -0.1) is 5.10 Å². The first kappa shape index (κ1) is 10.8. The molecule has 0 aromatic heterocycles. The van der Waals surface area contributed by atoms with Crippen molar-refractivity contribution in [1.82, 2.24) is 0 Å². The van der Waals surface area contributed by atoms with Crippen LogP contribution in [0.3, 0.4) is 0 Å². The number of rotatable bonds is 2. The average Bonchev–Trinajstić information content (AvgIpc) is 2.10. The molecule has 0 fully saturated rings. The lowest BCUT2D eigenvalue weighted by Crippen LogP contribution is -2.21. The Morgan fingerprint density at radius 2 is 2.14 bits per heavy atom. The van der Waals surface area contributed by atoms with Crippen LogP contribution in [0, 0.1) is 3.57 Å². The Balaban J connectivity index is 2.83. The predicted octanol–water partition coefficient (Wildman–Crippen LogP) is 0.604. The van der Waals surface area contributed by atoms with Crippen LogP contribution < -0.4 is 11.5 Å². The van der Waals surface area contributed by atoms with Crippen LogP contribution in [0.5, 0.6) is 5.75 Å². The number of phenols is 1. The van der Waals surface area contributed by atoms with E-state index in [0.29, 0.717) is 0 Å². The van der Waals surface area contributed by atoms with Crippen molar-refractivity contribution in [2.75, 3.05) is 0 Å². The highest BCUT2D eigenvalue weighted by atomic mass is 127. The van der Waals surface area contributed by atoms with E-state index in [4.69, 9.17) is 11.5 Å². The smallest absolute Gasteiger partial charge is 0.211 e. The molecule has 1 aromatic rings. The number of phenolic OH excluding ortho intramolecular Hbond substituents is 1. The Kier molecular flexibility index (Phi) is 3.69. The van der Waals surface area contributed by atoms with Gasteiger partial charge in [-0.1, -0.05) is 0 Å². The molecule has 0 saturated carbocycles. The third-order valence-corrected chi connectivity index (χ3v) is 2.22. The van der Waals surface area contributed by atoms with E-state index >= 15 is 0 Å². The molecule has 0 bridgehead atoms. The molecule has 5 N–H and O–H groups in total. The maximum Gasteiger partial charge on any atom is 0.211 e. The number of halogens is 1. The zero-order chi connectivity index (χ0) is 10.6. The standard InChI is InChI=1S/C8H9IN4O/c9-6-3-5(1-2-7(6)14)4-12-13-8(10)11/h1-4,14H,(H4,10,11,13). The van der Waals surface area contributed by atoms with Gasteiger partial charge in [0.25, 0.3) is 0 Å². The third kappa shape index (κ3) is 3.21. The molecule has 0 aliphatic rings. The van der Waals surface area contributed by atoms with Crippen LogP contribution in [0.25, 0.3) is 0 Å². The van der Waals surface area contributed by atoms with Crippen LogP contribution in [-0.2, 0) is 0 Å². The van der Waals surface area contributed by atoms with E-state index in [1.54, 1.807) is 18.2 Å². The van der Waals surface area contributed by atoms with Gasteiger partial charge < -0.3 is 16.6 Å². The molecule has 0 atom stereocenters. The fourth-order valence-electron chi connectivity index (χ4n) is 0.766. The monoisotopic (exact) mass is 304 g/mol. The van der Waals surface area contributed by atoms with Gasteiger partial charge in [-0.25, -0.2) is 0 Å². The minimum atomic E-state index is -0.0882. The number of aromatic hydroxyl groups is 1. The molecule has 1 rings (SSSR count). The summed E-state index contributed by atoms with van der Waals surface area (Å²) in [5.74, 6) is 0.152. The van der Waals surface area contributed by atoms with Crippen molar-refractivity contribution in [2.45, 2.75) is 0 Å². The highest BCUT2D eigenvalue weighted by Gasteiger charge is 1.96. The number of hydrogen-bond acceptors (Lipinski definition) is 3. The van der Waals surface area contributed by atoms with Gasteiger partial charge in [0.15, 0.2) is 0 Å². The van der Waals surface area contributed by atoms with Gasteiger partial charge >= 0.3 is 0 Å². The van der Waals surface area contributed by atoms with Crippen LogP contribution in [0.15, 0.2) is 28.4 Å². The summed E-state index contributed by atoms with van der Waals surface area (Å²) in [4.78, 5) is 0. The van der Waals surface area contributed by atoms with E-state index in [2.05, 4.69) is 10.2 Å². The molecule has 0 heterocycles. The summed E-state index contributed by atoms with van der Waals surface area (Å²) in [5.41, 5.74) is 11.0. The van der Waals surface area contributed by atoms with E-state index in [0.717, 1.165) is 9.13 Å². The zero-order valence-electron chi connectivity index (χ0n) is 7.18. The first-order valence-electron chi connectivity index (χ1n) is 3.70. The van der Waals surface area contributed by atoms with Crippen molar-refractivity contribution in [3.63, 3.8) is 0 Å². The summed E-state index contributed by atoms with van der Waals surface area (Å²) >= 11 is 2.02. The zero-order valence-corrected chi connectivity index (χ0v) is 9.34. The molecule has 0 aliphatic carbocycles. The molecule has 74 valence electrons. The third-order valence-electron chi connectivity index (χ3n) is 1.35. The summed E-state index contributed by atoms with van der Waals surface area (Å²) in [6.07, 6.45) is 1.50. The summed E-state index contributed by atoms with van der Waals surface area (Å²) in [6.45, 7) is 0. The Morgan fingerprint density at radius 1 is 1.43 bits per heavy atom. The maximum atomic E-state index is 9.24. The quantitative estimate of drug-likeness (QED) is 0.323. The van der Waals surface area contributed by atoms with Gasteiger partial charge in [-0.05, 0) is 46.4 Å². The van der Waals surface area contributed by atoms with Crippen molar-refractivity contribution >= 4 is 34.8 Å². The lowest BCUT2D eigenvalue weighted by atomic mass is 10.2. The Morgan fingerprint density at radius 3 is 2.71 bits per heavy atom. The van der Waals surface area contributed by atoms with Crippen LogP contribution >= 0.6 is 22.6 Å². The van der Waals surface area contributed by atoms with Crippen molar-refractivity contribution < 1.29 is 5.11 Å². The molecule has 6 heteroatoms. The van der Waals surface area contributed by atoms with Gasteiger partial charge in [-0.3, -0.25) is 0 Å². The number of benzene rings is 1. The Labute approximate surface area is 94.7 Å². The minimum Gasteiger partial charge on any atom is -0.507 e. The molecular formula is C8H9IN4O. The number of nitrogens with two attached hydrogens (primary N) is 2. The fourth-order valence-corrected chi connectivity index (χ4v) is 1.31. The molecule has 0 radical (unpaired) electrons. The highest BCUT2D eigenvalue weighted by molar-refractivity contribution is 14.1. The summed E-state index contributed by atoms with van der Waals surface area (Å²) in [5, 5.41) is 16.3. The van der Waals surface area contributed by atoms with Gasteiger partial charge in [0.2, 0.25) is 5.96 Å². The van der Waals surface area contributed by atoms with Crippen LogP contribution in [0.1, 0.15) is 5.56 Å². The summed E-state index contributed by atoms with van der Waals surface area (Å²) < 4.78 is 0.747. The molecule has 5 nitrogen and oxygen atoms in total. The highest BCUT2D eigenvalue weighted by Crippen LogP contribution is 2.19. The largest absolute Gasteiger partial charge is 0.507 e. The van der Waals surface area contributed by atoms with Crippen LogP contribution in [-0.4, -0.2) is 17.3 Å². The minimum absolute atomic E-state index is 0.0882. The van der Waals surface area contributed by atoms with Crippen molar-refractivity contribution in [3.8, 4) is 5.75 Å².